The van der Waals surface area contributed by atoms with Crippen molar-refractivity contribution in [1.82, 2.24) is 0 Å². The van der Waals surface area contributed by atoms with Crippen LogP contribution in [0.4, 0.5) is 11.4 Å². The number of hydrogen-bond donors (Lipinski definition) is 1. The van der Waals surface area contributed by atoms with E-state index in [0.29, 0.717) is 12.6 Å². The highest BCUT2D eigenvalue weighted by Crippen LogP contribution is 2.35. The Balaban J connectivity index is 1.83. The van der Waals surface area contributed by atoms with E-state index in [1.165, 1.54) is 11.3 Å². The molecule has 1 atom stereocenters. The van der Waals surface area contributed by atoms with E-state index < -0.39 is 0 Å². The Morgan fingerprint density at radius 1 is 1.24 bits per heavy atom. The normalized spacial score (nSPS) is 15.9. The zero-order valence-electron chi connectivity index (χ0n) is 14.9. The highest BCUT2D eigenvalue weighted by molar-refractivity contribution is 9.10. The van der Waals surface area contributed by atoms with E-state index in [1.54, 1.807) is 0 Å². The Labute approximate surface area is 158 Å². The minimum atomic E-state index is -0.0965. The number of halogens is 1. The highest BCUT2D eigenvalue weighted by Gasteiger charge is 2.30. The summed E-state index contributed by atoms with van der Waals surface area (Å²) in [4.78, 5) is 6.60. The molecule has 1 heterocycles. The number of aliphatic imine (C=N–C) groups is 1. The minimum Gasteiger partial charge on any atom is -0.463 e. The second-order valence-corrected chi connectivity index (χ2v) is 7.32. The third-order valence-electron chi connectivity index (χ3n) is 4.97. The van der Waals surface area contributed by atoms with Crippen LogP contribution >= 0.6 is 15.9 Å². The van der Waals surface area contributed by atoms with Gasteiger partial charge in [0.15, 0.2) is 0 Å². The Kier molecular flexibility index (Phi) is 5.33. The van der Waals surface area contributed by atoms with Crippen LogP contribution in [-0.4, -0.2) is 26.2 Å². The van der Waals surface area contributed by atoms with E-state index in [9.17, 15) is 0 Å². The van der Waals surface area contributed by atoms with Crippen LogP contribution in [0.3, 0.4) is 0 Å². The monoisotopic (exact) mass is 401 g/mol. The van der Waals surface area contributed by atoms with Crippen LogP contribution in [0.5, 0.6) is 0 Å². The van der Waals surface area contributed by atoms with Crippen molar-refractivity contribution in [3.8, 4) is 0 Å². The van der Waals surface area contributed by atoms with E-state index in [-0.39, 0.29) is 5.54 Å². The molecule has 2 aromatic carbocycles. The molecule has 0 bridgehead atoms. The van der Waals surface area contributed by atoms with Gasteiger partial charge in [-0.15, -0.1) is 0 Å². The second kappa shape index (κ2) is 7.48. The number of anilines is 2. The number of nitrogens with zero attached hydrogens (tertiary/aromatic N) is 2. The van der Waals surface area contributed by atoms with Crippen molar-refractivity contribution in [1.29, 1.82) is 0 Å². The van der Waals surface area contributed by atoms with Crippen LogP contribution in [0, 0.1) is 0 Å². The van der Waals surface area contributed by atoms with Crippen LogP contribution in [-0.2, 0) is 10.3 Å². The summed E-state index contributed by atoms with van der Waals surface area (Å²) in [5.74, 6) is 0. The lowest BCUT2D eigenvalue weighted by Gasteiger charge is -2.40. The number of nitrogens with one attached hydrogen (secondary N) is 1. The van der Waals surface area contributed by atoms with Gasteiger partial charge in [-0.1, -0.05) is 41.1 Å². The molecule has 1 unspecified atom stereocenters. The maximum absolute atomic E-state index is 5.41. The average Bonchev–Trinajstić information content (AvgIpc) is 3.14. The molecular weight excluding hydrogens is 378 g/mol. The van der Waals surface area contributed by atoms with Crippen molar-refractivity contribution < 1.29 is 4.74 Å². The van der Waals surface area contributed by atoms with E-state index in [0.717, 1.165) is 23.1 Å². The maximum atomic E-state index is 5.41. The first kappa shape index (κ1) is 17.8. The molecule has 1 N–H and O–H groups in total. The molecule has 0 aromatic heterocycles. The van der Waals surface area contributed by atoms with Crippen LogP contribution in [0.25, 0.3) is 0 Å². The summed E-state index contributed by atoms with van der Waals surface area (Å²) < 4.78 is 6.50. The van der Waals surface area contributed by atoms with Crippen molar-refractivity contribution in [2.75, 3.05) is 30.4 Å². The number of amidine groups is 1. The van der Waals surface area contributed by atoms with Gasteiger partial charge < -0.3 is 15.0 Å². The number of benzene rings is 2. The molecule has 1 aliphatic heterocycles. The van der Waals surface area contributed by atoms with Crippen LogP contribution in [0.1, 0.15) is 25.8 Å². The van der Waals surface area contributed by atoms with Gasteiger partial charge in [0.2, 0.25) is 0 Å². The fraction of sp³-hybridized carbons (Fsp3) is 0.350. The minimum absolute atomic E-state index is 0.0965. The van der Waals surface area contributed by atoms with Gasteiger partial charge in [0.25, 0.3) is 6.02 Å². The molecule has 0 spiro atoms. The molecule has 0 amide bonds. The van der Waals surface area contributed by atoms with Crippen LogP contribution in [0.2, 0.25) is 0 Å². The van der Waals surface area contributed by atoms with Crippen molar-refractivity contribution in [2.24, 2.45) is 4.99 Å². The molecule has 0 aliphatic carbocycles. The zero-order valence-corrected chi connectivity index (χ0v) is 16.5. The molecule has 0 fully saturated rings. The van der Waals surface area contributed by atoms with Crippen LogP contribution in [0.15, 0.2) is 58.0 Å². The summed E-state index contributed by atoms with van der Waals surface area (Å²) in [6.07, 6.45) is 0.999. The first-order valence-corrected chi connectivity index (χ1v) is 9.36. The Morgan fingerprint density at radius 2 is 2.00 bits per heavy atom. The summed E-state index contributed by atoms with van der Waals surface area (Å²) in [5.41, 5.74) is 3.36. The van der Waals surface area contributed by atoms with E-state index in [1.807, 2.05) is 0 Å². The summed E-state index contributed by atoms with van der Waals surface area (Å²) in [7, 11) is 2.15. The van der Waals surface area contributed by atoms with Crippen molar-refractivity contribution in [2.45, 2.75) is 25.8 Å². The summed E-state index contributed by atoms with van der Waals surface area (Å²) in [6, 6.07) is 17.5. The van der Waals surface area contributed by atoms with Crippen molar-refractivity contribution >= 4 is 33.3 Å². The molecule has 3 rings (SSSR count). The predicted octanol–water partition coefficient (Wildman–Crippen LogP) is 5.01. The standard InChI is InChI=1S/C20H24BrN3O/c1-4-20(2,24(3)18-7-5-6-16(21)14-18)15-8-10-17(11-9-15)23-19-22-12-13-25-19/h5-11,14H,4,12-13H2,1-3H3,(H,22,23). The topological polar surface area (TPSA) is 36.9 Å². The van der Waals surface area contributed by atoms with Crippen molar-refractivity contribution in [3.63, 3.8) is 0 Å². The Morgan fingerprint density at radius 3 is 2.60 bits per heavy atom. The molecule has 25 heavy (non-hydrogen) atoms. The molecule has 0 radical (unpaired) electrons. The SMILES string of the molecule is CCC(C)(c1ccc(NC2=NCCO2)cc1)N(C)c1cccc(Br)c1. The lowest BCUT2D eigenvalue weighted by atomic mass is 9.87. The molecule has 0 saturated heterocycles. The molecule has 1 aliphatic rings. The smallest absolute Gasteiger partial charge is 0.289 e. The summed E-state index contributed by atoms with van der Waals surface area (Å²) in [5, 5.41) is 3.21. The number of ether oxygens (including phenoxy) is 1. The van der Waals surface area contributed by atoms with Gasteiger partial charge in [-0.3, -0.25) is 0 Å². The first-order chi connectivity index (χ1) is 12.0. The fourth-order valence-corrected chi connectivity index (χ4v) is 3.44. The van der Waals surface area contributed by atoms with Gasteiger partial charge >= 0.3 is 0 Å². The highest BCUT2D eigenvalue weighted by atomic mass is 79.9. The number of rotatable bonds is 5. The van der Waals surface area contributed by atoms with E-state index in [4.69, 9.17) is 4.74 Å². The molecular formula is C20H24BrN3O. The lowest BCUT2D eigenvalue weighted by Crippen LogP contribution is -2.40. The van der Waals surface area contributed by atoms with Crippen LogP contribution < -0.4 is 10.2 Å². The quantitative estimate of drug-likeness (QED) is 0.764. The molecule has 132 valence electrons. The van der Waals surface area contributed by atoms with Gasteiger partial charge in [0.05, 0.1) is 12.1 Å². The molecule has 2 aromatic rings. The third-order valence-corrected chi connectivity index (χ3v) is 5.46. The molecule has 4 nitrogen and oxygen atoms in total. The maximum Gasteiger partial charge on any atom is 0.289 e. The van der Waals surface area contributed by atoms with Gasteiger partial charge in [-0.05, 0) is 49.2 Å². The van der Waals surface area contributed by atoms with E-state index in [2.05, 4.69) is 101 Å². The van der Waals surface area contributed by atoms with Gasteiger partial charge in [-0.25, -0.2) is 4.99 Å². The third kappa shape index (κ3) is 3.82. The average molecular weight is 402 g/mol. The summed E-state index contributed by atoms with van der Waals surface area (Å²) >= 11 is 3.57. The Hall–Kier alpha value is -2.01. The zero-order chi connectivity index (χ0) is 17.9. The van der Waals surface area contributed by atoms with Gasteiger partial charge in [0, 0.05) is 22.9 Å². The molecule has 5 heteroatoms. The number of hydrogen-bond acceptors (Lipinski definition) is 4. The fourth-order valence-electron chi connectivity index (χ4n) is 3.05. The lowest BCUT2D eigenvalue weighted by molar-refractivity contribution is 0.346. The largest absolute Gasteiger partial charge is 0.463 e. The molecule has 0 saturated carbocycles. The second-order valence-electron chi connectivity index (χ2n) is 6.40. The predicted molar refractivity (Wildman–Crippen MR) is 109 cm³/mol. The Bertz CT molecular complexity index is 760. The van der Waals surface area contributed by atoms with Gasteiger partial charge in [-0.2, -0.15) is 0 Å². The van der Waals surface area contributed by atoms with E-state index >= 15 is 0 Å². The summed E-state index contributed by atoms with van der Waals surface area (Å²) in [6.45, 7) is 5.89. The van der Waals surface area contributed by atoms with Gasteiger partial charge in [0.1, 0.15) is 6.61 Å². The van der Waals surface area contributed by atoms with Crippen molar-refractivity contribution in [3.05, 3.63) is 58.6 Å². The first-order valence-electron chi connectivity index (χ1n) is 8.57.